The predicted molar refractivity (Wildman–Crippen MR) is 142 cm³/mol. The summed E-state index contributed by atoms with van der Waals surface area (Å²) in [5, 5.41) is 2.98. The summed E-state index contributed by atoms with van der Waals surface area (Å²) in [5.41, 5.74) is 4.28. The quantitative estimate of drug-likeness (QED) is 0.429. The summed E-state index contributed by atoms with van der Waals surface area (Å²) < 4.78 is 5.26. The maximum absolute atomic E-state index is 13.8. The number of nitrogens with zero attached hydrogens (tertiary/aromatic N) is 2. The van der Waals surface area contributed by atoms with Crippen molar-refractivity contribution in [3.05, 3.63) is 89.5 Å². The standard InChI is InChI=1S/C29H35N3O3/c1-20(2)28(33)30-25-14-17-27(31(4)5)24(18-25)19-32(21(3)22-10-8-7-9-11-22)29(34)23-12-15-26(35-6)16-13-23/h7-18,20-21H,19H2,1-6H3,(H,30,33). The third-order valence-electron chi connectivity index (χ3n) is 6.04. The number of carbonyl (C=O) groups excluding carboxylic acids is 2. The van der Waals surface area contributed by atoms with Crippen LogP contribution < -0.4 is 15.0 Å². The summed E-state index contributed by atoms with van der Waals surface area (Å²) in [6, 6.07) is 22.8. The van der Waals surface area contributed by atoms with E-state index in [1.165, 1.54) is 0 Å². The average Bonchev–Trinajstić information content (AvgIpc) is 2.87. The SMILES string of the molecule is COc1ccc(C(=O)N(Cc2cc(NC(=O)C(C)C)ccc2N(C)C)C(C)c2ccccc2)cc1. The molecule has 3 aromatic carbocycles. The Morgan fingerprint density at radius 2 is 1.57 bits per heavy atom. The summed E-state index contributed by atoms with van der Waals surface area (Å²) in [7, 11) is 5.55. The van der Waals surface area contributed by atoms with Gasteiger partial charge in [0.2, 0.25) is 5.91 Å². The molecule has 0 spiro atoms. The number of benzene rings is 3. The van der Waals surface area contributed by atoms with Crippen LogP contribution in [0.2, 0.25) is 0 Å². The second-order valence-corrected chi connectivity index (χ2v) is 9.13. The molecule has 1 N–H and O–H groups in total. The summed E-state index contributed by atoms with van der Waals surface area (Å²) in [4.78, 5) is 30.0. The van der Waals surface area contributed by atoms with Gasteiger partial charge < -0.3 is 19.9 Å². The highest BCUT2D eigenvalue weighted by Gasteiger charge is 2.25. The number of nitrogens with one attached hydrogen (secondary N) is 1. The summed E-state index contributed by atoms with van der Waals surface area (Å²) >= 11 is 0. The van der Waals surface area contributed by atoms with Crippen LogP contribution in [0.25, 0.3) is 0 Å². The van der Waals surface area contributed by atoms with E-state index in [2.05, 4.69) is 5.32 Å². The zero-order valence-electron chi connectivity index (χ0n) is 21.4. The second-order valence-electron chi connectivity index (χ2n) is 9.13. The van der Waals surface area contributed by atoms with Crippen molar-refractivity contribution in [3.8, 4) is 5.75 Å². The first-order valence-corrected chi connectivity index (χ1v) is 11.8. The van der Waals surface area contributed by atoms with Crippen LogP contribution in [0.5, 0.6) is 5.75 Å². The van der Waals surface area contributed by atoms with Gasteiger partial charge in [-0.25, -0.2) is 0 Å². The van der Waals surface area contributed by atoms with Crippen LogP contribution in [0.4, 0.5) is 11.4 Å². The van der Waals surface area contributed by atoms with Crippen LogP contribution in [0, 0.1) is 5.92 Å². The monoisotopic (exact) mass is 473 g/mol. The number of anilines is 2. The van der Waals surface area contributed by atoms with E-state index in [9.17, 15) is 9.59 Å². The Bertz CT molecular complexity index is 1140. The molecule has 0 aliphatic heterocycles. The van der Waals surface area contributed by atoms with Gasteiger partial charge >= 0.3 is 0 Å². The van der Waals surface area contributed by atoms with Crippen molar-refractivity contribution in [2.24, 2.45) is 5.92 Å². The molecule has 2 amide bonds. The zero-order chi connectivity index (χ0) is 25.5. The molecule has 3 rings (SSSR count). The van der Waals surface area contributed by atoms with Crippen molar-refractivity contribution in [3.63, 3.8) is 0 Å². The zero-order valence-corrected chi connectivity index (χ0v) is 21.4. The van der Waals surface area contributed by atoms with Gasteiger partial charge in [-0.1, -0.05) is 44.2 Å². The fourth-order valence-corrected chi connectivity index (χ4v) is 3.89. The van der Waals surface area contributed by atoms with Crippen molar-refractivity contribution in [2.45, 2.75) is 33.4 Å². The molecular formula is C29H35N3O3. The summed E-state index contributed by atoms with van der Waals surface area (Å²) in [5.74, 6) is 0.452. The van der Waals surface area contributed by atoms with Crippen LogP contribution in [0.1, 0.15) is 48.3 Å². The Kier molecular flexibility index (Phi) is 8.53. The number of rotatable bonds is 9. The van der Waals surface area contributed by atoms with Crippen molar-refractivity contribution >= 4 is 23.2 Å². The van der Waals surface area contributed by atoms with E-state index in [1.807, 2.05) is 93.2 Å². The van der Waals surface area contributed by atoms with Gasteiger partial charge in [0.15, 0.2) is 0 Å². The maximum Gasteiger partial charge on any atom is 0.254 e. The molecule has 6 nitrogen and oxygen atoms in total. The first-order chi connectivity index (χ1) is 16.7. The van der Waals surface area contributed by atoms with Crippen molar-refractivity contribution < 1.29 is 14.3 Å². The first kappa shape index (κ1) is 25.8. The number of carbonyl (C=O) groups is 2. The number of methoxy groups -OCH3 is 1. The van der Waals surface area contributed by atoms with Crippen molar-refractivity contribution in [2.75, 3.05) is 31.4 Å². The Hall–Kier alpha value is -3.80. The van der Waals surface area contributed by atoms with E-state index in [0.29, 0.717) is 23.5 Å². The number of amides is 2. The number of hydrogen-bond donors (Lipinski definition) is 1. The highest BCUT2D eigenvalue weighted by atomic mass is 16.5. The van der Waals surface area contributed by atoms with E-state index in [0.717, 1.165) is 16.8 Å². The molecule has 0 saturated heterocycles. The molecule has 0 radical (unpaired) electrons. The van der Waals surface area contributed by atoms with Gasteiger partial charge in [-0.05, 0) is 60.5 Å². The lowest BCUT2D eigenvalue weighted by atomic mass is 10.0. The molecule has 0 bridgehead atoms. The molecule has 0 fully saturated rings. The Morgan fingerprint density at radius 3 is 2.14 bits per heavy atom. The molecule has 1 atom stereocenters. The fraction of sp³-hybridized carbons (Fsp3) is 0.310. The molecule has 0 saturated carbocycles. The molecule has 1 unspecified atom stereocenters. The third-order valence-corrected chi connectivity index (χ3v) is 6.04. The van der Waals surface area contributed by atoms with Crippen molar-refractivity contribution in [1.29, 1.82) is 0 Å². The minimum Gasteiger partial charge on any atom is -0.497 e. The van der Waals surface area contributed by atoms with Crippen LogP contribution in [0.3, 0.4) is 0 Å². The molecule has 184 valence electrons. The largest absolute Gasteiger partial charge is 0.497 e. The lowest BCUT2D eigenvalue weighted by molar-refractivity contribution is -0.118. The second kappa shape index (κ2) is 11.6. The lowest BCUT2D eigenvalue weighted by Crippen LogP contribution is -2.33. The number of ether oxygens (including phenoxy) is 1. The molecular weight excluding hydrogens is 438 g/mol. The van der Waals surface area contributed by atoms with Gasteiger partial charge in [-0.2, -0.15) is 0 Å². The van der Waals surface area contributed by atoms with Gasteiger partial charge in [-0.3, -0.25) is 9.59 Å². The Labute approximate surface area is 208 Å². The van der Waals surface area contributed by atoms with E-state index >= 15 is 0 Å². The smallest absolute Gasteiger partial charge is 0.254 e. The van der Waals surface area contributed by atoms with Gasteiger partial charge in [0.05, 0.1) is 13.2 Å². The van der Waals surface area contributed by atoms with Crippen LogP contribution in [-0.4, -0.2) is 37.9 Å². The van der Waals surface area contributed by atoms with E-state index < -0.39 is 0 Å². The lowest BCUT2D eigenvalue weighted by Gasteiger charge is -2.32. The molecule has 0 heterocycles. The predicted octanol–water partition coefficient (Wildman–Crippen LogP) is 5.76. The average molecular weight is 474 g/mol. The van der Waals surface area contributed by atoms with Gasteiger partial charge in [0.25, 0.3) is 5.91 Å². The minimum absolute atomic E-state index is 0.0441. The van der Waals surface area contributed by atoms with Gasteiger partial charge in [-0.15, -0.1) is 0 Å². The van der Waals surface area contributed by atoms with Crippen LogP contribution in [0.15, 0.2) is 72.8 Å². The Morgan fingerprint density at radius 1 is 0.914 bits per heavy atom. The van der Waals surface area contributed by atoms with Gasteiger partial charge in [0.1, 0.15) is 5.75 Å². The number of hydrogen-bond acceptors (Lipinski definition) is 4. The molecule has 35 heavy (non-hydrogen) atoms. The fourth-order valence-electron chi connectivity index (χ4n) is 3.89. The molecule has 3 aromatic rings. The third kappa shape index (κ3) is 6.41. The Balaban J connectivity index is 2.02. The molecule has 0 aliphatic rings. The summed E-state index contributed by atoms with van der Waals surface area (Å²) in [6.45, 7) is 6.14. The molecule has 6 heteroatoms. The highest BCUT2D eigenvalue weighted by Crippen LogP contribution is 2.30. The van der Waals surface area contributed by atoms with Crippen LogP contribution >= 0.6 is 0 Å². The first-order valence-electron chi connectivity index (χ1n) is 11.8. The highest BCUT2D eigenvalue weighted by molar-refractivity contribution is 5.95. The molecule has 0 aliphatic carbocycles. The van der Waals surface area contributed by atoms with Crippen molar-refractivity contribution in [1.82, 2.24) is 4.90 Å². The van der Waals surface area contributed by atoms with E-state index in [4.69, 9.17) is 4.74 Å². The maximum atomic E-state index is 13.8. The minimum atomic E-state index is -0.172. The topological polar surface area (TPSA) is 61.9 Å². The van der Waals surface area contributed by atoms with E-state index in [1.54, 1.807) is 31.4 Å². The summed E-state index contributed by atoms with van der Waals surface area (Å²) in [6.07, 6.45) is 0. The van der Waals surface area contributed by atoms with Gasteiger partial charge in [0, 0.05) is 43.5 Å². The van der Waals surface area contributed by atoms with E-state index in [-0.39, 0.29) is 23.8 Å². The molecule has 0 aromatic heterocycles. The van der Waals surface area contributed by atoms with Crippen LogP contribution in [-0.2, 0) is 11.3 Å². The normalized spacial score (nSPS) is 11.6.